The minimum Gasteiger partial charge on any atom is -0.361 e. The Morgan fingerprint density at radius 2 is 2.08 bits per heavy atom. The SMILES string of the molecule is FC(F)O[C@H]1CCN(CCc2c[nH]c3ccc(C(F)(F)F)cc23)C1. The maximum atomic E-state index is 12.8. The van der Waals surface area contributed by atoms with Crippen LogP contribution in [0.2, 0.25) is 0 Å². The van der Waals surface area contributed by atoms with E-state index in [0.29, 0.717) is 43.4 Å². The maximum absolute atomic E-state index is 12.8. The molecule has 0 amide bonds. The van der Waals surface area contributed by atoms with Crippen LogP contribution in [-0.2, 0) is 17.3 Å². The Hall–Kier alpha value is -1.67. The van der Waals surface area contributed by atoms with Crippen molar-refractivity contribution in [3.05, 3.63) is 35.5 Å². The molecule has 1 atom stereocenters. The second kappa shape index (κ2) is 6.68. The van der Waals surface area contributed by atoms with Gasteiger partial charge in [0.25, 0.3) is 0 Å². The van der Waals surface area contributed by atoms with E-state index in [1.54, 1.807) is 6.20 Å². The molecule has 8 heteroatoms. The average Bonchev–Trinajstić information content (AvgIpc) is 3.09. The zero-order chi connectivity index (χ0) is 17.3. The normalized spacial score (nSPS) is 19.7. The molecule has 2 heterocycles. The number of alkyl halides is 5. The second-order valence-corrected chi connectivity index (χ2v) is 5.93. The van der Waals surface area contributed by atoms with Crippen molar-refractivity contribution < 1.29 is 26.7 Å². The van der Waals surface area contributed by atoms with Crippen molar-refractivity contribution in [3.63, 3.8) is 0 Å². The van der Waals surface area contributed by atoms with Gasteiger partial charge in [-0.15, -0.1) is 0 Å². The van der Waals surface area contributed by atoms with Gasteiger partial charge in [0.05, 0.1) is 11.7 Å². The Morgan fingerprint density at radius 1 is 1.29 bits per heavy atom. The molecule has 132 valence electrons. The predicted octanol–water partition coefficient (Wildman–Crippen LogP) is 4.04. The molecule has 3 rings (SSSR count). The Labute approximate surface area is 135 Å². The second-order valence-electron chi connectivity index (χ2n) is 5.93. The van der Waals surface area contributed by atoms with Gasteiger partial charge in [-0.25, -0.2) is 0 Å². The van der Waals surface area contributed by atoms with Gasteiger partial charge >= 0.3 is 12.8 Å². The molecule has 2 aromatic rings. The van der Waals surface area contributed by atoms with Crippen molar-refractivity contribution >= 4 is 10.9 Å². The van der Waals surface area contributed by atoms with Gasteiger partial charge in [-0.05, 0) is 36.6 Å². The van der Waals surface area contributed by atoms with Crippen LogP contribution in [0.3, 0.4) is 0 Å². The van der Waals surface area contributed by atoms with Crippen LogP contribution in [0.25, 0.3) is 10.9 Å². The summed E-state index contributed by atoms with van der Waals surface area (Å²) in [5.74, 6) is 0. The van der Waals surface area contributed by atoms with Crippen LogP contribution in [0.1, 0.15) is 17.5 Å². The van der Waals surface area contributed by atoms with Crippen molar-refractivity contribution in [2.24, 2.45) is 0 Å². The Bertz CT molecular complexity index is 697. The Balaban J connectivity index is 1.65. The molecule has 0 unspecified atom stereocenters. The summed E-state index contributed by atoms with van der Waals surface area (Å²) in [4.78, 5) is 4.95. The van der Waals surface area contributed by atoms with Gasteiger partial charge in [0.15, 0.2) is 0 Å². The molecule has 1 N–H and O–H groups in total. The highest BCUT2D eigenvalue weighted by molar-refractivity contribution is 5.84. The fourth-order valence-corrected chi connectivity index (χ4v) is 3.10. The summed E-state index contributed by atoms with van der Waals surface area (Å²) in [6.07, 6.45) is -2.07. The van der Waals surface area contributed by atoms with Gasteiger partial charge in [0.2, 0.25) is 0 Å². The third-order valence-electron chi connectivity index (χ3n) is 4.32. The molecule has 0 radical (unpaired) electrons. The molecule has 0 saturated carbocycles. The molecule has 24 heavy (non-hydrogen) atoms. The van der Waals surface area contributed by atoms with Crippen molar-refractivity contribution in [3.8, 4) is 0 Å². The highest BCUT2D eigenvalue weighted by Gasteiger charge is 2.31. The molecule has 3 nitrogen and oxygen atoms in total. The third-order valence-corrected chi connectivity index (χ3v) is 4.32. The molecule has 0 spiro atoms. The largest absolute Gasteiger partial charge is 0.416 e. The quantitative estimate of drug-likeness (QED) is 0.826. The number of likely N-dealkylation sites (tertiary alicyclic amines) is 1. The zero-order valence-corrected chi connectivity index (χ0v) is 12.7. The Kier molecular flexibility index (Phi) is 4.78. The van der Waals surface area contributed by atoms with E-state index < -0.39 is 24.5 Å². The van der Waals surface area contributed by atoms with E-state index in [-0.39, 0.29) is 0 Å². The van der Waals surface area contributed by atoms with Gasteiger partial charge in [0, 0.05) is 36.7 Å². The lowest BCUT2D eigenvalue weighted by atomic mass is 10.1. The van der Waals surface area contributed by atoms with E-state index in [9.17, 15) is 22.0 Å². The van der Waals surface area contributed by atoms with E-state index in [1.165, 1.54) is 6.07 Å². The monoisotopic (exact) mass is 348 g/mol. The highest BCUT2D eigenvalue weighted by Crippen LogP contribution is 2.32. The molecule has 1 fully saturated rings. The molecule has 0 bridgehead atoms. The van der Waals surface area contributed by atoms with E-state index in [2.05, 4.69) is 9.72 Å². The first-order valence-corrected chi connectivity index (χ1v) is 7.66. The topological polar surface area (TPSA) is 28.3 Å². The molecule has 0 aliphatic carbocycles. The lowest BCUT2D eigenvalue weighted by molar-refractivity contribution is -0.158. The summed E-state index contributed by atoms with van der Waals surface area (Å²) in [5, 5.41) is 0.546. The zero-order valence-electron chi connectivity index (χ0n) is 12.7. The summed E-state index contributed by atoms with van der Waals surface area (Å²) in [6.45, 7) is -1.12. The van der Waals surface area contributed by atoms with Crippen molar-refractivity contribution in [1.82, 2.24) is 9.88 Å². The standard InChI is InChI=1S/C16H17F5N2O/c17-15(18)24-12-4-6-23(9-12)5-3-10-8-22-14-2-1-11(7-13(10)14)16(19,20)21/h1-2,7-8,12,15,22H,3-6,9H2/t12-/m0/s1. The van der Waals surface area contributed by atoms with Crippen LogP contribution in [0.5, 0.6) is 0 Å². The fraction of sp³-hybridized carbons (Fsp3) is 0.500. The molecule has 1 saturated heterocycles. The van der Waals surface area contributed by atoms with E-state index in [0.717, 1.165) is 17.7 Å². The number of ether oxygens (including phenoxy) is 1. The van der Waals surface area contributed by atoms with Crippen LogP contribution in [0.15, 0.2) is 24.4 Å². The molecule has 1 aliphatic heterocycles. The molecule has 1 aromatic carbocycles. The molecular formula is C16H17F5N2O. The summed E-state index contributed by atoms with van der Waals surface area (Å²) < 4.78 is 67.4. The average molecular weight is 348 g/mol. The smallest absolute Gasteiger partial charge is 0.361 e. The van der Waals surface area contributed by atoms with Crippen LogP contribution >= 0.6 is 0 Å². The van der Waals surface area contributed by atoms with Crippen LogP contribution < -0.4 is 0 Å². The first kappa shape index (κ1) is 17.2. The van der Waals surface area contributed by atoms with E-state index in [1.807, 2.05) is 4.90 Å². The van der Waals surface area contributed by atoms with Gasteiger partial charge in [-0.1, -0.05) is 0 Å². The van der Waals surface area contributed by atoms with Gasteiger partial charge in [-0.3, -0.25) is 0 Å². The van der Waals surface area contributed by atoms with Crippen LogP contribution in [-0.4, -0.2) is 42.2 Å². The van der Waals surface area contributed by atoms with E-state index >= 15 is 0 Å². The van der Waals surface area contributed by atoms with Crippen LogP contribution in [0, 0.1) is 0 Å². The summed E-state index contributed by atoms with van der Waals surface area (Å²) in [7, 11) is 0. The minimum absolute atomic E-state index is 0.417. The molecule has 1 aliphatic rings. The van der Waals surface area contributed by atoms with Crippen molar-refractivity contribution in [2.75, 3.05) is 19.6 Å². The number of rotatable bonds is 5. The van der Waals surface area contributed by atoms with Gasteiger partial charge in [0.1, 0.15) is 0 Å². The number of aromatic nitrogens is 1. The maximum Gasteiger partial charge on any atom is 0.416 e. The summed E-state index contributed by atoms with van der Waals surface area (Å²) >= 11 is 0. The first-order valence-electron chi connectivity index (χ1n) is 7.66. The number of hydrogen-bond acceptors (Lipinski definition) is 2. The number of halogens is 5. The lowest BCUT2D eigenvalue weighted by Gasteiger charge is -2.15. The number of nitrogens with zero attached hydrogens (tertiary/aromatic N) is 1. The van der Waals surface area contributed by atoms with Gasteiger partial charge < -0.3 is 14.6 Å². The number of aromatic amines is 1. The number of nitrogens with one attached hydrogen (secondary N) is 1. The number of H-pyrrole nitrogens is 1. The number of benzene rings is 1. The predicted molar refractivity (Wildman–Crippen MR) is 78.9 cm³/mol. The van der Waals surface area contributed by atoms with E-state index in [4.69, 9.17) is 0 Å². The fourth-order valence-electron chi connectivity index (χ4n) is 3.10. The lowest BCUT2D eigenvalue weighted by Crippen LogP contribution is -2.26. The Morgan fingerprint density at radius 3 is 2.79 bits per heavy atom. The first-order chi connectivity index (χ1) is 11.3. The molecule has 1 aromatic heterocycles. The molecular weight excluding hydrogens is 331 g/mol. The highest BCUT2D eigenvalue weighted by atomic mass is 19.4. The van der Waals surface area contributed by atoms with Crippen molar-refractivity contribution in [1.29, 1.82) is 0 Å². The van der Waals surface area contributed by atoms with Gasteiger partial charge in [-0.2, -0.15) is 22.0 Å². The number of fused-ring (bicyclic) bond motifs is 1. The minimum atomic E-state index is -4.38. The third kappa shape index (κ3) is 3.87. The summed E-state index contributed by atoms with van der Waals surface area (Å²) in [5.41, 5.74) is 0.759. The van der Waals surface area contributed by atoms with Crippen molar-refractivity contribution in [2.45, 2.75) is 31.7 Å². The number of hydrogen-bond donors (Lipinski definition) is 1. The van der Waals surface area contributed by atoms with Crippen LogP contribution in [0.4, 0.5) is 22.0 Å². The summed E-state index contributed by atoms with van der Waals surface area (Å²) in [6, 6.07) is 3.62.